The van der Waals surface area contributed by atoms with Crippen LogP contribution in [0.5, 0.6) is 0 Å². The molecule has 0 bridgehead atoms. The van der Waals surface area contributed by atoms with E-state index in [-0.39, 0.29) is 18.9 Å². The van der Waals surface area contributed by atoms with Crippen LogP contribution in [0.3, 0.4) is 0 Å². The molecule has 1 aliphatic rings. The number of anilines is 2. The van der Waals surface area contributed by atoms with E-state index in [0.29, 0.717) is 25.2 Å². The molecule has 0 unspecified atom stereocenters. The van der Waals surface area contributed by atoms with Gasteiger partial charge in [-0.05, 0) is 61.7 Å². The Kier molecular flexibility index (Phi) is 7.20. The lowest BCUT2D eigenvalue weighted by atomic mass is 10.1. The minimum Gasteiger partial charge on any atom is -0.368 e. The fraction of sp³-hybridized carbons (Fsp3) is 0.435. The molecule has 2 aromatic rings. The summed E-state index contributed by atoms with van der Waals surface area (Å²) in [6, 6.07) is 11.6. The molecule has 0 atom stereocenters. The molecule has 31 heavy (non-hydrogen) atoms. The lowest BCUT2D eigenvalue weighted by Gasteiger charge is -2.37. The zero-order valence-corrected chi connectivity index (χ0v) is 19.2. The van der Waals surface area contributed by atoms with Crippen LogP contribution in [0.15, 0.2) is 42.5 Å². The Labute approximate surface area is 184 Å². The predicted molar refractivity (Wildman–Crippen MR) is 123 cm³/mol. The van der Waals surface area contributed by atoms with Gasteiger partial charge in [-0.25, -0.2) is 12.8 Å². The van der Waals surface area contributed by atoms with Crippen molar-refractivity contribution in [3.63, 3.8) is 0 Å². The lowest BCUT2D eigenvalue weighted by Crippen LogP contribution is -2.49. The normalized spacial score (nSPS) is 14.6. The molecular weight excluding hydrogens is 417 g/mol. The van der Waals surface area contributed by atoms with Crippen LogP contribution in [0.1, 0.15) is 24.0 Å². The zero-order valence-electron chi connectivity index (χ0n) is 18.3. The summed E-state index contributed by atoms with van der Waals surface area (Å²) in [5.74, 6) is -0.388. The molecule has 3 rings (SSSR count). The van der Waals surface area contributed by atoms with Gasteiger partial charge in [-0.15, -0.1) is 0 Å². The van der Waals surface area contributed by atoms with Crippen molar-refractivity contribution in [1.82, 2.24) is 4.90 Å². The highest BCUT2D eigenvalue weighted by Gasteiger charge is 2.23. The van der Waals surface area contributed by atoms with Crippen molar-refractivity contribution < 1.29 is 17.6 Å². The molecule has 8 heteroatoms. The number of rotatable bonds is 7. The molecule has 0 radical (unpaired) electrons. The Morgan fingerprint density at radius 1 is 1.03 bits per heavy atom. The van der Waals surface area contributed by atoms with E-state index in [2.05, 4.69) is 36.9 Å². The van der Waals surface area contributed by atoms with Crippen molar-refractivity contribution in [3.8, 4) is 0 Å². The van der Waals surface area contributed by atoms with E-state index in [1.807, 2.05) is 4.90 Å². The summed E-state index contributed by atoms with van der Waals surface area (Å²) < 4.78 is 38.7. The van der Waals surface area contributed by atoms with E-state index in [1.54, 1.807) is 0 Å². The first-order valence-corrected chi connectivity index (χ1v) is 12.3. The van der Waals surface area contributed by atoms with Crippen LogP contribution in [-0.2, 0) is 14.8 Å². The Morgan fingerprint density at radius 2 is 1.68 bits per heavy atom. The van der Waals surface area contributed by atoms with E-state index in [4.69, 9.17) is 0 Å². The molecule has 1 amide bonds. The third kappa shape index (κ3) is 5.76. The predicted octanol–water partition coefficient (Wildman–Crippen LogP) is 3.34. The standard InChI is InChI=1S/C23H30FN3O3S/c1-18-6-4-7-22(19(18)2)25-14-16-26(17-15-25)23(28)8-5-13-27(31(3,29)30)21-11-9-20(24)10-12-21/h4,6-7,9-12H,5,8,13-17H2,1-3H3. The largest absolute Gasteiger partial charge is 0.368 e. The molecule has 2 aromatic carbocycles. The number of sulfonamides is 1. The van der Waals surface area contributed by atoms with Crippen LogP contribution in [0.25, 0.3) is 0 Å². The Morgan fingerprint density at radius 3 is 2.29 bits per heavy atom. The van der Waals surface area contributed by atoms with E-state index >= 15 is 0 Å². The van der Waals surface area contributed by atoms with Gasteiger partial charge in [-0.1, -0.05) is 12.1 Å². The number of carbonyl (C=O) groups excluding carboxylic acids is 1. The number of hydrogen-bond donors (Lipinski definition) is 0. The summed E-state index contributed by atoms with van der Waals surface area (Å²) in [4.78, 5) is 16.8. The SMILES string of the molecule is Cc1cccc(N2CCN(C(=O)CCCN(c3ccc(F)cc3)S(C)(=O)=O)CC2)c1C. The molecule has 168 valence electrons. The first-order chi connectivity index (χ1) is 14.7. The van der Waals surface area contributed by atoms with Crippen LogP contribution in [0.2, 0.25) is 0 Å². The Bertz CT molecular complexity index is 1020. The lowest BCUT2D eigenvalue weighted by molar-refractivity contribution is -0.131. The number of hydrogen-bond acceptors (Lipinski definition) is 4. The molecule has 0 spiro atoms. The van der Waals surface area contributed by atoms with Gasteiger partial charge >= 0.3 is 0 Å². The van der Waals surface area contributed by atoms with E-state index in [1.165, 1.54) is 45.4 Å². The molecule has 0 saturated carbocycles. The molecule has 0 aromatic heterocycles. The van der Waals surface area contributed by atoms with Gasteiger partial charge < -0.3 is 9.80 Å². The molecule has 1 saturated heterocycles. The Balaban J connectivity index is 1.53. The molecule has 1 heterocycles. The summed E-state index contributed by atoms with van der Waals surface area (Å²) >= 11 is 0. The Hall–Kier alpha value is -2.61. The number of carbonyl (C=O) groups is 1. The monoisotopic (exact) mass is 447 g/mol. The molecular formula is C23H30FN3O3S. The van der Waals surface area contributed by atoms with Gasteiger partial charge in [0.05, 0.1) is 11.9 Å². The third-order valence-electron chi connectivity index (χ3n) is 5.82. The van der Waals surface area contributed by atoms with Gasteiger partial charge in [0.25, 0.3) is 0 Å². The van der Waals surface area contributed by atoms with Gasteiger partial charge in [-0.2, -0.15) is 0 Å². The number of amides is 1. The zero-order chi connectivity index (χ0) is 22.6. The topological polar surface area (TPSA) is 60.9 Å². The van der Waals surface area contributed by atoms with Crippen LogP contribution >= 0.6 is 0 Å². The smallest absolute Gasteiger partial charge is 0.232 e. The van der Waals surface area contributed by atoms with Gasteiger partial charge in [0, 0.05) is 44.8 Å². The second-order valence-corrected chi connectivity index (χ2v) is 9.91. The van der Waals surface area contributed by atoms with E-state index in [9.17, 15) is 17.6 Å². The first kappa shape index (κ1) is 23.1. The van der Waals surface area contributed by atoms with Crippen molar-refractivity contribution in [2.24, 2.45) is 0 Å². The van der Waals surface area contributed by atoms with Crippen molar-refractivity contribution >= 4 is 27.3 Å². The quantitative estimate of drug-likeness (QED) is 0.653. The molecule has 1 fully saturated rings. The number of nitrogens with zero attached hydrogens (tertiary/aromatic N) is 3. The van der Waals surface area contributed by atoms with E-state index < -0.39 is 15.8 Å². The summed E-state index contributed by atoms with van der Waals surface area (Å²) in [6.07, 6.45) is 1.79. The highest BCUT2D eigenvalue weighted by Crippen LogP contribution is 2.24. The van der Waals surface area contributed by atoms with Gasteiger partial charge in [-0.3, -0.25) is 9.10 Å². The molecule has 1 aliphatic heterocycles. The minimum absolute atomic E-state index is 0.0353. The summed E-state index contributed by atoms with van der Waals surface area (Å²) in [5.41, 5.74) is 4.14. The van der Waals surface area contributed by atoms with Crippen LogP contribution < -0.4 is 9.21 Å². The average molecular weight is 448 g/mol. The molecule has 0 N–H and O–H groups in total. The van der Waals surface area contributed by atoms with Crippen LogP contribution in [-0.4, -0.2) is 58.2 Å². The average Bonchev–Trinajstić information content (AvgIpc) is 2.73. The third-order valence-corrected chi connectivity index (χ3v) is 7.01. The fourth-order valence-electron chi connectivity index (χ4n) is 3.90. The number of halogens is 1. The number of benzene rings is 2. The first-order valence-electron chi connectivity index (χ1n) is 10.5. The van der Waals surface area contributed by atoms with Crippen molar-refractivity contribution in [2.45, 2.75) is 26.7 Å². The highest BCUT2D eigenvalue weighted by molar-refractivity contribution is 7.92. The summed E-state index contributed by atoms with van der Waals surface area (Å²) in [7, 11) is -3.52. The van der Waals surface area contributed by atoms with E-state index in [0.717, 1.165) is 19.3 Å². The summed E-state index contributed by atoms with van der Waals surface area (Å²) in [5, 5.41) is 0. The molecule has 6 nitrogen and oxygen atoms in total. The van der Waals surface area contributed by atoms with Gasteiger partial charge in [0.1, 0.15) is 5.82 Å². The van der Waals surface area contributed by atoms with Crippen LogP contribution in [0.4, 0.5) is 15.8 Å². The summed E-state index contributed by atoms with van der Waals surface area (Å²) in [6.45, 7) is 7.27. The van der Waals surface area contributed by atoms with Crippen molar-refractivity contribution in [2.75, 3.05) is 48.2 Å². The van der Waals surface area contributed by atoms with Crippen LogP contribution in [0, 0.1) is 19.7 Å². The van der Waals surface area contributed by atoms with Crippen molar-refractivity contribution in [1.29, 1.82) is 0 Å². The second-order valence-electron chi connectivity index (χ2n) is 8.00. The second kappa shape index (κ2) is 9.68. The fourth-order valence-corrected chi connectivity index (χ4v) is 4.87. The van der Waals surface area contributed by atoms with Gasteiger partial charge in [0.15, 0.2) is 0 Å². The number of piperazine rings is 1. The van der Waals surface area contributed by atoms with Gasteiger partial charge in [0.2, 0.25) is 15.9 Å². The highest BCUT2D eigenvalue weighted by atomic mass is 32.2. The minimum atomic E-state index is -3.52. The molecule has 0 aliphatic carbocycles. The maximum absolute atomic E-state index is 13.2. The maximum Gasteiger partial charge on any atom is 0.232 e. The van der Waals surface area contributed by atoms with Crippen molar-refractivity contribution in [3.05, 3.63) is 59.4 Å². The number of aryl methyl sites for hydroxylation is 1. The maximum atomic E-state index is 13.2.